The van der Waals surface area contributed by atoms with Crippen LogP contribution in [0.4, 0.5) is 0 Å². The van der Waals surface area contributed by atoms with Crippen molar-refractivity contribution in [2.24, 2.45) is 0 Å². The van der Waals surface area contributed by atoms with E-state index in [0.717, 1.165) is 12.0 Å². The number of carbonyl (C=O) groups excluding carboxylic acids is 3. The lowest BCUT2D eigenvalue weighted by atomic mass is 10.0. The predicted octanol–water partition coefficient (Wildman–Crippen LogP) is 1.94. The molecule has 0 saturated carbocycles. The third kappa shape index (κ3) is 9.31. The average Bonchev–Trinajstić information content (AvgIpc) is 2.67. The van der Waals surface area contributed by atoms with Crippen molar-refractivity contribution in [2.45, 2.75) is 46.0 Å². The largest absolute Gasteiger partial charge is 0.483 e. The molecule has 9 heteroatoms. The van der Waals surface area contributed by atoms with E-state index in [0.29, 0.717) is 12.4 Å². The zero-order chi connectivity index (χ0) is 20.9. The van der Waals surface area contributed by atoms with Gasteiger partial charge in [-0.15, -0.1) is 0 Å². The van der Waals surface area contributed by atoms with Gasteiger partial charge >= 0.3 is 5.97 Å². The number of amides is 2. The van der Waals surface area contributed by atoms with Crippen molar-refractivity contribution >= 4 is 35.1 Å². The lowest BCUT2D eigenvalue weighted by Crippen LogP contribution is -2.49. The van der Waals surface area contributed by atoms with E-state index in [1.807, 2.05) is 39.0 Å². The molecule has 1 aromatic rings. The highest BCUT2D eigenvalue weighted by Gasteiger charge is 2.11. The van der Waals surface area contributed by atoms with E-state index < -0.39 is 17.8 Å². The summed E-state index contributed by atoms with van der Waals surface area (Å²) in [5, 5.41) is 2.28. The second kappa shape index (κ2) is 12.7. The van der Waals surface area contributed by atoms with Crippen molar-refractivity contribution < 1.29 is 23.9 Å². The fraction of sp³-hybridized carbons (Fsp3) is 0.474. The van der Waals surface area contributed by atoms with Crippen LogP contribution in [0.1, 0.15) is 51.5 Å². The first-order chi connectivity index (χ1) is 13.3. The zero-order valence-electron chi connectivity index (χ0n) is 16.4. The van der Waals surface area contributed by atoms with Crippen LogP contribution in [0, 0.1) is 0 Å². The molecule has 0 aliphatic carbocycles. The summed E-state index contributed by atoms with van der Waals surface area (Å²) in [6.07, 6.45) is 0.621. The minimum Gasteiger partial charge on any atom is -0.483 e. The van der Waals surface area contributed by atoms with Crippen molar-refractivity contribution in [1.29, 1.82) is 0 Å². The number of ether oxygens (including phenoxy) is 2. The lowest BCUT2D eigenvalue weighted by molar-refractivity contribution is -0.144. The van der Waals surface area contributed by atoms with Gasteiger partial charge in [0.1, 0.15) is 5.75 Å². The van der Waals surface area contributed by atoms with Crippen LogP contribution in [0.25, 0.3) is 0 Å². The minimum atomic E-state index is -0.460. The van der Waals surface area contributed by atoms with Gasteiger partial charge in [0.2, 0.25) is 5.91 Å². The molecular weight excluding hydrogens is 382 g/mol. The van der Waals surface area contributed by atoms with Crippen LogP contribution in [-0.2, 0) is 19.1 Å². The molecule has 0 spiro atoms. The molecule has 3 N–H and O–H groups in total. The van der Waals surface area contributed by atoms with Gasteiger partial charge in [-0.3, -0.25) is 25.2 Å². The van der Waals surface area contributed by atoms with Gasteiger partial charge < -0.3 is 14.8 Å². The van der Waals surface area contributed by atoms with Gasteiger partial charge in [0.05, 0.1) is 13.0 Å². The topological polar surface area (TPSA) is 106 Å². The quantitative estimate of drug-likeness (QED) is 0.325. The van der Waals surface area contributed by atoms with E-state index in [9.17, 15) is 14.4 Å². The highest BCUT2D eigenvalue weighted by Crippen LogP contribution is 2.25. The molecule has 0 aliphatic rings. The van der Waals surface area contributed by atoms with Gasteiger partial charge in [-0.25, -0.2) is 0 Å². The Kier molecular flexibility index (Phi) is 10.6. The predicted molar refractivity (Wildman–Crippen MR) is 109 cm³/mol. The van der Waals surface area contributed by atoms with Gasteiger partial charge in [-0.05, 0) is 36.2 Å². The Morgan fingerprint density at radius 2 is 1.79 bits per heavy atom. The summed E-state index contributed by atoms with van der Waals surface area (Å²) in [6.45, 7) is 6.07. The molecule has 0 fully saturated rings. The standard InChI is InChI=1S/C19H27N3O5S/c1-4-11-26-18(25)10-9-16(23)20-19(28)22-21-17(24)12-27-15-8-6-5-7-14(15)13(2)3/h5-8,13H,4,9-12H2,1-3H3,(H,21,24)(H2,20,22,23,28). The summed E-state index contributed by atoms with van der Waals surface area (Å²) in [5.41, 5.74) is 5.75. The molecular formula is C19H27N3O5S. The second-order valence-corrected chi connectivity index (χ2v) is 6.66. The number of hydrogen-bond acceptors (Lipinski definition) is 6. The maximum atomic E-state index is 11.9. The zero-order valence-corrected chi connectivity index (χ0v) is 17.2. The molecule has 0 heterocycles. The van der Waals surface area contributed by atoms with Gasteiger partial charge in [0, 0.05) is 6.42 Å². The summed E-state index contributed by atoms with van der Waals surface area (Å²) < 4.78 is 10.4. The Hall–Kier alpha value is -2.68. The first kappa shape index (κ1) is 23.4. The van der Waals surface area contributed by atoms with Crippen LogP contribution >= 0.6 is 12.2 Å². The van der Waals surface area contributed by atoms with Crippen LogP contribution in [0.3, 0.4) is 0 Å². The van der Waals surface area contributed by atoms with E-state index in [2.05, 4.69) is 16.2 Å². The number of rotatable bonds is 9. The number of carbonyl (C=O) groups is 3. The molecule has 2 amide bonds. The van der Waals surface area contributed by atoms with Crippen LogP contribution in [0.2, 0.25) is 0 Å². The van der Waals surface area contributed by atoms with E-state index >= 15 is 0 Å². The normalized spacial score (nSPS) is 10.1. The van der Waals surface area contributed by atoms with Gasteiger partial charge in [-0.2, -0.15) is 0 Å². The SMILES string of the molecule is CCCOC(=O)CCC(=O)NC(=S)NNC(=O)COc1ccccc1C(C)C. The Labute approximate surface area is 170 Å². The van der Waals surface area contributed by atoms with E-state index in [4.69, 9.17) is 21.7 Å². The highest BCUT2D eigenvalue weighted by molar-refractivity contribution is 7.80. The fourth-order valence-corrected chi connectivity index (χ4v) is 2.28. The summed E-state index contributed by atoms with van der Waals surface area (Å²) in [5.74, 6) is -0.457. The third-order valence-electron chi connectivity index (χ3n) is 3.49. The maximum Gasteiger partial charge on any atom is 0.306 e. The highest BCUT2D eigenvalue weighted by atomic mass is 32.1. The number of nitrogens with one attached hydrogen (secondary N) is 3. The third-order valence-corrected chi connectivity index (χ3v) is 3.70. The Morgan fingerprint density at radius 3 is 2.46 bits per heavy atom. The number of thiocarbonyl (C=S) groups is 1. The van der Waals surface area contributed by atoms with Crippen LogP contribution in [-0.4, -0.2) is 36.1 Å². The molecule has 8 nitrogen and oxygen atoms in total. The van der Waals surface area contributed by atoms with E-state index in [-0.39, 0.29) is 30.5 Å². The number of benzene rings is 1. The van der Waals surface area contributed by atoms with Crippen LogP contribution in [0.15, 0.2) is 24.3 Å². The monoisotopic (exact) mass is 409 g/mol. The van der Waals surface area contributed by atoms with E-state index in [1.165, 1.54) is 0 Å². The molecule has 0 aliphatic heterocycles. The van der Waals surface area contributed by atoms with Gasteiger partial charge in [0.15, 0.2) is 11.7 Å². The van der Waals surface area contributed by atoms with Gasteiger partial charge in [-0.1, -0.05) is 39.0 Å². The molecule has 154 valence electrons. The number of hydrazine groups is 1. The summed E-state index contributed by atoms with van der Waals surface area (Å²) >= 11 is 4.92. The molecule has 1 rings (SSSR count). The van der Waals surface area contributed by atoms with Crippen molar-refractivity contribution in [3.63, 3.8) is 0 Å². The molecule has 0 aromatic heterocycles. The Morgan fingerprint density at radius 1 is 1.07 bits per heavy atom. The van der Waals surface area contributed by atoms with Crippen LogP contribution in [0.5, 0.6) is 5.75 Å². The number of para-hydroxylation sites is 1. The number of hydrogen-bond donors (Lipinski definition) is 3. The molecule has 28 heavy (non-hydrogen) atoms. The maximum absolute atomic E-state index is 11.9. The lowest BCUT2D eigenvalue weighted by Gasteiger charge is -2.14. The van der Waals surface area contributed by atoms with Crippen LogP contribution < -0.4 is 20.9 Å². The average molecular weight is 410 g/mol. The van der Waals surface area contributed by atoms with Crippen molar-refractivity contribution in [3.8, 4) is 5.75 Å². The molecule has 0 atom stereocenters. The molecule has 1 aromatic carbocycles. The summed E-state index contributed by atoms with van der Waals surface area (Å²) in [7, 11) is 0. The Balaban J connectivity index is 2.28. The second-order valence-electron chi connectivity index (χ2n) is 6.25. The van der Waals surface area contributed by atoms with Gasteiger partial charge in [0.25, 0.3) is 5.91 Å². The van der Waals surface area contributed by atoms with Crippen molar-refractivity contribution in [1.82, 2.24) is 16.2 Å². The Bertz CT molecular complexity index is 694. The summed E-state index contributed by atoms with van der Waals surface area (Å²) in [6, 6.07) is 7.49. The minimum absolute atomic E-state index is 0.0378. The van der Waals surface area contributed by atoms with Crippen molar-refractivity contribution in [2.75, 3.05) is 13.2 Å². The molecule has 0 unspecified atom stereocenters. The van der Waals surface area contributed by atoms with Crippen molar-refractivity contribution in [3.05, 3.63) is 29.8 Å². The first-order valence-corrected chi connectivity index (χ1v) is 9.50. The molecule has 0 saturated heterocycles. The summed E-state index contributed by atoms with van der Waals surface area (Å²) in [4.78, 5) is 34.9. The van der Waals surface area contributed by atoms with E-state index in [1.54, 1.807) is 6.07 Å². The molecule has 0 bridgehead atoms. The smallest absolute Gasteiger partial charge is 0.306 e. The first-order valence-electron chi connectivity index (χ1n) is 9.09. The fourth-order valence-electron chi connectivity index (χ4n) is 2.12. The number of esters is 1. The molecule has 0 radical (unpaired) electrons.